The van der Waals surface area contributed by atoms with Gasteiger partial charge in [-0.15, -0.1) is 0 Å². The second-order valence-electron chi connectivity index (χ2n) is 5.05. The van der Waals surface area contributed by atoms with E-state index >= 15 is 0 Å². The molecule has 0 unspecified atom stereocenters. The summed E-state index contributed by atoms with van der Waals surface area (Å²) in [7, 11) is -3.56. The summed E-state index contributed by atoms with van der Waals surface area (Å²) in [6, 6.07) is 0. The zero-order valence-corrected chi connectivity index (χ0v) is 10.9. The van der Waals surface area contributed by atoms with Crippen LogP contribution in [0.2, 0.25) is 0 Å². The smallest absolute Gasteiger partial charge is 0.418 e. The summed E-state index contributed by atoms with van der Waals surface area (Å²) in [5, 5.41) is 0. The van der Waals surface area contributed by atoms with Crippen molar-refractivity contribution in [3.8, 4) is 0 Å². The minimum absolute atomic E-state index is 1.36. The van der Waals surface area contributed by atoms with E-state index in [0.29, 0.717) is 0 Å². The molecule has 1 saturated heterocycles. The fourth-order valence-corrected chi connectivity index (χ4v) is 2.24. The number of piperidine rings is 1. The first-order valence-electron chi connectivity index (χ1n) is 6.48. The average Bonchev–Trinajstić information content (AvgIpc) is 2.16. The molecule has 1 fully saturated rings. The van der Waals surface area contributed by atoms with E-state index in [1.165, 1.54) is 62.6 Å². The molecule has 0 aromatic heterocycles. The molecule has 1 aliphatic heterocycles. The van der Waals surface area contributed by atoms with Crippen LogP contribution in [0.5, 0.6) is 0 Å². The molecular weight excluding hydrogens is 233 g/mol. The lowest BCUT2D eigenvalue weighted by molar-refractivity contribution is -0.914. The number of hydrogen-bond acceptors (Lipinski definition) is 0. The van der Waals surface area contributed by atoms with Gasteiger partial charge in [0.25, 0.3) is 0 Å². The van der Waals surface area contributed by atoms with Gasteiger partial charge in [0.05, 0.1) is 26.7 Å². The largest absolute Gasteiger partial charge is 0.673 e. The molecule has 0 N–H and O–H groups in total. The normalized spacial score (nSPS) is 19.4. The van der Waals surface area contributed by atoms with E-state index in [2.05, 4.69) is 14.0 Å². The van der Waals surface area contributed by atoms with E-state index in [4.69, 9.17) is 0 Å². The van der Waals surface area contributed by atoms with Crippen molar-refractivity contribution >= 4 is 7.25 Å². The minimum atomic E-state index is -6.00. The summed E-state index contributed by atoms with van der Waals surface area (Å²) in [5.41, 5.74) is 0. The molecule has 1 rings (SSSR count). The van der Waals surface area contributed by atoms with Crippen molar-refractivity contribution in [1.29, 1.82) is 0 Å². The number of quaternary nitrogens is 1. The van der Waals surface area contributed by atoms with Gasteiger partial charge in [0.2, 0.25) is 0 Å². The van der Waals surface area contributed by atoms with Crippen LogP contribution in [0.3, 0.4) is 0 Å². The van der Waals surface area contributed by atoms with E-state index in [0.717, 1.165) is 0 Å². The van der Waals surface area contributed by atoms with Gasteiger partial charge in [-0.2, -0.15) is 0 Å². The maximum atomic E-state index is 9.75. The molecule has 0 aromatic carbocycles. The highest BCUT2D eigenvalue weighted by molar-refractivity contribution is 6.50. The van der Waals surface area contributed by atoms with Gasteiger partial charge < -0.3 is 21.7 Å². The van der Waals surface area contributed by atoms with Gasteiger partial charge in [-0.05, 0) is 32.1 Å². The Kier molecular flexibility index (Phi) is 7.83. The first kappa shape index (κ1) is 16.7. The number of unbranched alkanes of at least 4 members (excludes halogenated alkanes) is 2. The van der Waals surface area contributed by atoms with Gasteiger partial charge in [-0.25, -0.2) is 0 Å². The van der Waals surface area contributed by atoms with Crippen LogP contribution in [-0.2, 0) is 0 Å². The summed E-state index contributed by atoms with van der Waals surface area (Å²) in [5.74, 6) is 0. The van der Waals surface area contributed by atoms with E-state index in [-0.39, 0.29) is 0 Å². The molecule has 17 heavy (non-hydrogen) atoms. The monoisotopic (exact) mass is 257 g/mol. The van der Waals surface area contributed by atoms with Crippen LogP contribution in [0.25, 0.3) is 0 Å². The Morgan fingerprint density at radius 3 is 1.82 bits per heavy atom. The molecule has 0 saturated carbocycles. The maximum Gasteiger partial charge on any atom is 0.673 e. The van der Waals surface area contributed by atoms with Crippen molar-refractivity contribution in [2.45, 2.75) is 45.4 Å². The van der Waals surface area contributed by atoms with Crippen molar-refractivity contribution in [2.75, 3.05) is 26.7 Å². The Morgan fingerprint density at radius 2 is 1.41 bits per heavy atom. The number of likely N-dealkylation sites (tertiary alicyclic amines) is 1. The predicted octanol–water partition coefficient (Wildman–Crippen LogP) is 4.11. The summed E-state index contributed by atoms with van der Waals surface area (Å²) in [6.45, 7) is 6.58. The third-order valence-corrected chi connectivity index (χ3v) is 3.20. The number of nitrogens with zero attached hydrogens (tertiary/aromatic N) is 1. The Hall–Kier alpha value is -0.255. The predicted molar refractivity (Wildman–Crippen MR) is 64.3 cm³/mol. The van der Waals surface area contributed by atoms with Crippen molar-refractivity contribution < 1.29 is 21.7 Å². The number of hydrogen-bond donors (Lipinski definition) is 0. The third-order valence-electron chi connectivity index (χ3n) is 3.20. The third kappa shape index (κ3) is 12.0. The van der Waals surface area contributed by atoms with Crippen molar-refractivity contribution in [3.63, 3.8) is 0 Å². The van der Waals surface area contributed by atoms with Crippen LogP contribution >= 0.6 is 0 Å². The maximum absolute atomic E-state index is 9.75. The summed E-state index contributed by atoms with van der Waals surface area (Å²) >= 11 is 0. The Morgan fingerprint density at radius 1 is 0.941 bits per heavy atom. The summed E-state index contributed by atoms with van der Waals surface area (Å²) < 4.78 is 40.4. The number of rotatable bonds is 4. The lowest BCUT2D eigenvalue weighted by Crippen LogP contribution is -2.48. The van der Waals surface area contributed by atoms with Gasteiger partial charge in [-0.3, -0.25) is 0 Å². The Labute approximate surface area is 102 Å². The molecule has 1 aliphatic rings. The molecule has 1 nitrogen and oxygen atoms in total. The quantitative estimate of drug-likeness (QED) is 0.308. The van der Waals surface area contributed by atoms with Gasteiger partial charge in [-0.1, -0.05) is 13.3 Å². The highest BCUT2D eigenvalue weighted by Crippen LogP contribution is 2.17. The first-order chi connectivity index (χ1) is 7.77. The lowest BCUT2D eigenvalue weighted by Gasteiger charge is -2.37. The van der Waals surface area contributed by atoms with E-state index in [1.807, 2.05) is 0 Å². The van der Waals surface area contributed by atoms with Gasteiger partial charge in [0.15, 0.2) is 0 Å². The molecule has 6 heteroatoms. The van der Waals surface area contributed by atoms with Crippen molar-refractivity contribution in [1.82, 2.24) is 0 Å². The summed E-state index contributed by atoms with van der Waals surface area (Å²) in [4.78, 5) is 0. The SMILES string of the molecule is CCCCC[N+]1(C)CCCCC1.F[B-](F)(F)F. The fraction of sp³-hybridized carbons (Fsp3) is 1.00. The second-order valence-corrected chi connectivity index (χ2v) is 5.05. The van der Waals surface area contributed by atoms with Crippen LogP contribution in [0.15, 0.2) is 0 Å². The average molecular weight is 257 g/mol. The Bertz CT molecular complexity index is 184. The van der Waals surface area contributed by atoms with Gasteiger partial charge >= 0.3 is 7.25 Å². The molecule has 104 valence electrons. The number of halogens is 4. The zero-order chi connectivity index (χ0) is 13.4. The molecule has 0 radical (unpaired) electrons. The van der Waals surface area contributed by atoms with Crippen molar-refractivity contribution in [3.05, 3.63) is 0 Å². The topological polar surface area (TPSA) is 0 Å². The zero-order valence-electron chi connectivity index (χ0n) is 10.9. The molecule has 0 spiro atoms. The molecule has 0 atom stereocenters. The van der Waals surface area contributed by atoms with Gasteiger partial charge in [0, 0.05) is 0 Å². The fourth-order valence-electron chi connectivity index (χ4n) is 2.24. The van der Waals surface area contributed by atoms with Gasteiger partial charge in [0.1, 0.15) is 0 Å². The standard InChI is InChI=1S/C11H24N.BF4/c1-3-4-6-9-12(2)10-7-5-8-11-12;2-1(3,4)5/h3-11H2,1-2H3;/q+1;-1. The molecule has 0 amide bonds. The highest BCUT2D eigenvalue weighted by atomic mass is 19.5. The minimum Gasteiger partial charge on any atom is -0.418 e. The van der Waals surface area contributed by atoms with E-state index in [9.17, 15) is 17.3 Å². The Balaban J connectivity index is 0.000000437. The summed E-state index contributed by atoms with van der Waals surface area (Å²) in [6.07, 6.45) is 8.62. The lowest BCUT2D eigenvalue weighted by atomic mass is 10.1. The van der Waals surface area contributed by atoms with Crippen LogP contribution in [0.1, 0.15) is 45.4 Å². The molecule has 0 aliphatic carbocycles. The van der Waals surface area contributed by atoms with Crippen LogP contribution in [0, 0.1) is 0 Å². The first-order valence-corrected chi connectivity index (χ1v) is 6.48. The van der Waals surface area contributed by atoms with E-state index < -0.39 is 7.25 Å². The van der Waals surface area contributed by atoms with Crippen LogP contribution in [0.4, 0.5) is 17.3 Å². The van der Waals surface area contributed by atoms with Crippen molar-refractivity contribution in [2.24, 2.45) is 0 Å². The molecular formula is C11H24BF4N. The van der Waals surface area contributed by atoms with Crippen LogP contribution in [-0.4, -0.2) is 38.4 Å². The highest BCUT2D eigenvalue weighted by Gasteiger charge is 2.23. The molecule has 0 bridgehead atoms. The van der Waals surface area contributed by atoms with Crippen LogP contribution < -0.4 is 0 Å². The molecule has 0 aromatic rings. The second kappa shape index (κ2) is 7.95. The van der Waals surface area contributed by atoms with E-state index in [1.54, 1.807) is 0 Å². The molecule has 1 heterocycles.